The van der Waals surface area contributed by atoms with Gasteiger partial charge in [0.1, 0.15) is 18.8 Å². The van der Waals surface area contributed by atoms with Crippen LogP contribution in [0.1, 0.15) is 58.2 Å². The number of hydrogen-bond acceptors (Lipinski definition) is 8. The number of allylic oxidation sites excluding steroid dienone is 1. The van der Waals surface area contributed by atoms with Crippen LogP contribution in [-0.4, -0.2) is 74.9 Å². The molecule has 0 saturated carbocycles. The predicted molar refractivity (Wildman–Crippen MR) is 162 cm³/mol. The van der Waals surface area contributed by atoms with Crippen LogP contribution in [0.5, 0.6) is 11.5 Å². The molecule has 1 fully saturated rings. The van der Waals surface area contributed by atoms with Crippen molar-refractivity contribution in [1.29, 1.82) is 0 Å². The monoisotopic (exact) mass is 575 g/mol. The van der Waals surface area contributed by atoms with E-state index < -0.39 is 5.60 Å². The van der Waals surface area contributed by atoms with E-state index in [9.17, 15) is 9.59 Å². The SMILES string of the molecule is CCC=Cc1cnc2ccc(=O)n(CCN3CCC(N(Cc4cc5c(cn4)OCCO5)C(=O)OC(C)(C)C)CC3)c2c1. The summed E-state index contributed by atoms with van der Waals surface area (Å²) < 4.78 is 19.0. The molecule has 1 amide bonds. The molecule has 1 saturated heterocycles. The third-order valence-electron chi connectivity index (χ3n) is 7.49. The van der Waals surface area contributed by atoms with Gasteiger partial charge in [0, 0.05) is 50.6 Å². The molecule has 0 spiro atoms. The first kappa shape index (κ1) is 29.6. The number of piperidine rings is 1. The second-order valence-corrected chi connectivity index (χ2v) is 11.8. The van der Waals surface area contributed by atoms with Gasteiger partial charge in [-0.25, -0.2) is 4.79 Å². The zero-order chi connectivity index (χ0) is 29.7. The molecule has 42 heavy (non-hydrogen) atoms. The lowest BCUT2D eigenvalue weighted by Crippen LogP contribution is -2.49. The predicted octanol–water partition coefficient (Wildman–Crippen LogP) is 4.89. The summed E-state index contributed by atoms with van der Waals surface area (Å²) in [5, 5.41) is 0. The van der Waals surface area contributed by atoms with E-state index in [0.29, 0.717) is 37.8 Å². The van der Waals surface area contributed by atoms with Gasteiger partial charge in [-0.1, -0.05) is 19.1 Å². The zero-order valence-corrected chi connectivity index (χ0v) is 25.0. The van der Waals surface area contributed by atoms with Gasteiger partial charge in [-0.15, -0.1) is 0 Å². The molecule has 0 bridgehead atoms. The Morgan fingerprint density at radius 2 is 1.83 bits per heavy atom. The van der Waals surface area contributed by atoms with E-state index in [4.69, 9.17) is 14.2 Å². The second-order valence-electron chi connectivity index (χ2n) is 11.8. The molecule has 3 aromatic heterocycles. The first-order chi connectivity index (χ1) is 20.2. The first-order valence-electron chi connectivity index (χ1n) is 14.8. The third-order valence-corrected chi connectivity index (χ3v) is 7.49. The van der Waals surface area contributed by atoms with Crippen LogP contribution in [-0.2, 0) is 17.8 Å². The number of likely N-dealkylation sites (tertiary alicyclic amines) is 1. The van der Waals surface area contributed by atoms with Gasteiger partial charge in [0.2, 0.25) is 0 Å². The Hall–Kier alpha value is -3.92. The molecule has 224 valence electrons. The zero-order valence-electron chi connectivity index (χ0n) is 25.0. The Morgan fingerprint density at radius 3 is 2.57 bits per heavy atom. The number of ether oxygens (including phenoxy) is 3. The van der Waals surface area contributed by atoms with Gasteiger partial charge in [-0.05, 0) is 57.7 Å². The van der Waals surface area contributed by atoms with E-state index in [2.05, 4.69) is 27.9 Å². The minimum atomic E-state index is -0.608. The van der Waals surface area contributed by atoms with Crippen molar-refractivity contribution in [2.75, 3.05) is 32.8 Å². The maximum Gasteiger partial charge on any atom is 0.410 e. The van der Waals surface area contributed by atoms with Crippen molar-refractivity contribution in [2.24, 2.45) is 0 Å². The Balaban J connectivity index is 1.26. The summed E-state index contributed by atoms with van der Waals surface area (Å²) in [5.41, 5.74) is 2.73. The number of aromatic nitrogens is 3. The van der Waals surface area contributed by atoms with E-state index >= 15 is 0 Å². The number of hydrogen-bond donors (Lipinski definition) is 0. The van der Waals surface area contributed by atoms with Crippen molar-refractivity contribution in [2.45, 2.75) is 71.7 Å². The Kier molecular flexibility index (Phi) is 9.11. The summed E-state index contributed by atoms with van der Waals surface area (Å²) >= 11 is 0. The number of carbonyl (C=O) groups is 1. The maximum atomic E-state index is 13.4. The van der Waals surface area contributed by atoms with Crippen LogP contribution in [0.25, 0.3) is 17.1 Å². The average molecular weight is 576 g/mol. The van der Waals surface area contributed by atoms with E-state index in [-0.39, 0.29) is 17.7 Å². The molecule has 0 radical (unpaired) electrons. The van der Waals surface area contributed by atoms with E-state index in [0.717, 1.165) is 61.2 Å². The summed E-state index contributed by atoms with van der Waals surface area (Å²) in [6, 6.07) is 7.26. The van der Waals surface area contributed by atoms with Crippen molar-refractivity contribution < 1.29 is 19.0 Å². The molecule has 5 rings (SSSR count). The van der Waals surface area contributed by atoms with E-state index in [1.807, 2.05) is 49.7 Å². The Morgan fingerprint density at radius 1 is 1.07 bits per heavy atom. The minimum absolute atomic E-state index is 0.00323. The molecule has 0 aliphatic carbocycles. The van der Waals surface area contributed by atoms with Crippen LogP contribution in [0.3, 0.4) is 0 Å². The Bertz CT molecular complexity index is 1490. The topological polar surface area (TPSA) is 99.0 Å². The molecule has 2 aliphatic rings. The highest BCUT2D eigenvalue weighted by Gasteiger charge is 2.32. The quantitative estimate of drug-likeness (QED) is 0.375. The number of fused-ring (bicyclic) bond motifs is 2. The number of pyridine rings is 3. The van der Waals surface area contributed by atoms with E-state index in [1.165, 1.54) is 0 Å². The van der Waals surface area contributed by atoms with Gasteiger partial charge in [-0.3, -0.25) is 19.7 Å². The summed E-state index contributed by atoms with van der Waals surface area (Å²) in [5.74, 6) is 1.27. The lowest BCUT2D eigenvalue weighted by Gasteiger charge is -2.39. The summed E-state index contributed by atoms with van der Waals surface area (Å²) in [4.78, 5) is 39.4. The average Bonchev–Trinajstić information content (AvgIpc) is 2.97. The van der Waals surface area contributed by atoms with Crippen molar-refractivity contribution in [3.63, 3.8) is 0 Å². The number of amides is 1. The van der Waals surface area contributed by atoms with Gasteiger partial charge >= 0.3 is 6.09 Å². The van der Waals surface area contributed by atoms with Crippen LogP contribution in [0.4, 0.5) is 4.79 Å². The highest BCUT2D eigenvalue weighted by atomic mass is 16.6. The molecule has 10 nitrogen and oxygen atoms in total. The smallest absolute Gasteiger partial charge is 0.410 e. The highest BCUT2D eigenvalue weighted by Crippen LogP contribution is 2.30. The molecule has 2 aliphatic heterocycles. The normalized spacial score (nSPS) is 16.2. The van der Waals surface area contributed by atoms with Gasteiger partial charge in [0.05, 0.1) is 29.5 Å². The van der Waals surface area contributed by atoms with Crippen molar-refractivity contribution in [1.82, 2.24) is 24.3 Å². The molecule has 5 heterocycles. The first-order valence-corrected chi connectivity index (χ1v) is 14.8. The molecular weight excluding hydrogens is 534 g/mol. The van der Waals surface area contributed by atoms with Crippen molar-refractivity contribution in [3.05, 3.63) is 64.3 Å². The fraction of sp³-hybridized carbons (Fsp3) is 0.500. The summed E-state index contributed by atoms with van der Waals surface area (Å²) in [6.45, 7) is 11.9. The summed E-state index contributed by atoms with van der Waals surface area (Å²) in [6.07, 6.45) is 9.80. The van der Waals surface area contributed by atoms with Crippen LogP contribution in [0.2, 0.25) is 0 Å². The minimum Gasteiger partial charge on any atom is -0.486 e. The highest BCUT2D eigenvalue weighted by molar-refractivity contribution is 5.77. The van der Waals surface area contributed by atoms with Crippen LogP contribution >= 0.6 is 0 Å². The molecule has 10 heteroatoms. The summed E-state index contributed by atoms with van der Waals surface area (Å²) in [7, 11) is 0. The van der Waals surface area contributed by atoms with Gasteiger partial charge < -0.3 is 23.7 Å². The molecule has 0 N–H and O–H groups in total. The number of rotatable bonds is 8. The van der Waals surface area contributed by atoms with Gasteiger partial charge in [-0.2, -0.15) is 0 Å². The van der Waals surface area contributed by atoms with Crippen LogP contribution in [0, 0.1) is 0 Å². The fourth-order valence-electron chi connectivity index (χ4n) is 5.37. The van der Waals surface area contributed by atoms with Gasteiger partial charge in [0.15, 0.2) is 11.5 Å². The van der Waals surface area contributed by atoms with Gasteiger partial charge in [0.25, 0.3) is 5.56 Å². The molecule has 0 atom stereocenters. The standard InChI is InChI=1S/C32H41N5O5/c1-5-6-7-23-18-27-26(34-20-23)8-9-30(38)36(27)15-14-35-12-10-25(11-13-35)37(31(39)42-32(2,3)4)22-24-19-28-29(21-33-24)41-17-16-40-28/h6-9,18-21,25H,5,10-17,22H2,1-4H3. The largest absolute Gasteiger partial charge is 0.486 e. The van der Waals surface area contributed by atoms with Crippen LogP contribution < -0.4 is 15.0 Å². The van der Waals surface area contributed by atoms with Crippen LogP contribution in [0.15, 0.2) is 47.5 Å². The number of nitrogens with zero attached hydrogens (tertiary/aromatic N) is 5. The fourth-order valence-corrected chi connectivity index (χ4v) is 5.37. The lowest BCUT2D eigenvalue weighted by molar-refractivity contribution is 0.00529. The Labute approximate surface area is 246 Å². The molecule has 3 aromatic rings. The third kappa shape index (κ3) is 7.28. The number of carbonyl (C=O) groups excluding carboxylic acids is 1. The maximum absolute atomic E-state index is 13.4. The van der Waals surface area contributed by atoms with E-state index in [1.54, 1.807) is 23.2 Å². The molecule has 0 unspecified atom stereocenters. The second kappa shape index (κ2) is 12.9. The molecular formula is C32H41N5O5. The lowest BCUT2D eigenvalue weighted by atomic mass is 10.0. The van der Waals surface area contributed by atoms with Crippen molar-refractivity contribution >= 4 is 23.2 Å². The molecule has 0 aromatic carbocycles. The van der Waals surface area contributed by atoms with Crippen molar-refractivity contribution in [3.8, 4) is 11.5 Å².